The van der Waals surface area contributed by atoms with Gasteiger partial charge in [0.25, 0.3) is 5.91 Å². The molecule has 1 atom stereocenters. The van der Waals surface area contributed by atoms with E-state index in [4.69, 9.17) is 0 Å². The largest absolute Gasteiger partial charge is 0.480 e. The summed E-state index contributed by atoms with van der Waals surface area (Å²) in [6.45, 7) is 5.20. The highest BCUT2D eigenvalue weighted by atomic mass is 32.2. The van der Waals surface area contributed by atoms with Crippen LogP contribution < -0.4 is 10.0 Å². The second-order valence-electron chi connectivity index (χ2n) is 7.42. The van der Waals surface area contributed by atoms with E-state index in [-0.39, 0.29) is 10.5 Å². The number of hydrogen-bond donors (Lipinski definition) is 3. The van der Waals surface area contributed by atoms with Crippen molar-refractivity contribution < 1.29 is 23.1 Å². The van der Waals surface area contributed by atoms with Crippen LogP contribution in [-0.4, -0.2) is 37.0 Å². The normalized spacial score (nSPS) is 16.3. The van der Waals surface area contributed by atoms with Gasteiger partial charge >= 0.3 is 5.97 Å². The van der Waals surface area contributed by atoms with Crippen LogP contribution in [0.2, 0.25) is 0 Å². The summed E-state index contributed by atoms with van der Waals surface area (Å²) in [7, 11) is -3.68. The van der Waals surface area contributed by atoms with Crippen molar-refractivity contribution in [3.8, 4) is 0 Å². The molecule has 1 fully saturated rings. The molecule has 1 amide bonds. The zero-order valence-electron chi connectivity index (χ0n) is 14.6. The van der Waals surface area contributed by atoms with Gasteiger partial charge in [0.05, 0.1) is 4.90 Å². The number of carbonyl (C=O) groups is 2. The molecule has 25 heavy (non-hydrogen) atoms. The van der Waals surface area contributed by atoms with Crippen LogP contribution in [0.5, 0.6) is 0 Å². The Morgan fingerprint density at radius 2 is 1.76 bits per heavy atom. The second kappa shape index (κ2) is 7.13. The lowest BCUT2D eigenvalue weighted by molar-refractivity contribution is -0.139. The van der Waals surface area contributed by atoms with Gasteiger partial charge in [-0.05, 0) is 57.4 Å². The van der Waals surface area contributed by atoms with E-state index in [1.54, 1.807) is 20.8 Å². The molecule has 8 heteroatoms. The van der Waals surface area contributed by atoms with Gasteiger partial charge in [0.1, 0.15) is 6.04 Å². The topological polar surface area (TPSA) is 113 Å². The molecule has 1 aromatic carbocycles. The van der Waals surface area contributed by atoms with Crippen LogP contribution in [0.1, 0.15) is 50.4 Å². The number of amides is 1. The monoisotopic (exact) mass is 368 g/mol. The van der Waals surface area contributed by atoms with Gasteiger partial charge < -0.3 is 10.4 Å². The number of carbonyl (C=O) groups excluding carboxylic acids is 1. The van der Waals surface area contributed by atoms with E-state index in [0.717, 1.165) is 12.8 Å². The number of sulfonamides is 1. The van der Waals surface area contributed by atoms with Gasteiger partial charge in [0.2, 0.25) is 10.0 Å². The molecule has 1 aliphatic rings. The summed E-state index contributed by atoms with van der Waals surface area (Å²) in [5.41, 5.74) is -0.399. The standard InChI is InChI=1S/C17H24N2O5S/c1-17(2,3)19-25(23,24)13-8-6-12(7-9-13)15(20)18-14(16(21)22)10-11-4-5-11/h6-9,11,14,19H,4-5,10H2,1-3H3,(H,18,20)(H,21,22). The minimum absolute atomic E-state index is 0.0479. The Kier molecular flexibility index (Phi) is 5.53. The van der Waals surface area contributed by atoms with Gasteiger partial charge in [-0.2, -0.15) is 0 Å². The fourth-order valence-corrected chi connectivity index (χ4v) is 3.82. The number of rotatable bonds is 7. The van der Waals surface area contributed by atoms with Crippen LogP contribution in [0, 0.1) is 5.92 Å². The molecule has 0 bridgehead atoms. The number of carboxylic acid groups (broad SMARTS) is 1. The van der Waals surface area contributed by atoms with Crippen molar-refractivity contribution in [1.29, 1.82) is 0 Å². The molecule has 0 aliphatic heterocycles. The Morgan fingerprint density at radius 1 is 1.20 bits per heavy atom. The fourth-order valence-electron chi connectivity index (χ4n) is 2.40. The van der Waals surface area contributed by atoms with Gasteiger partial charge in [0, 0.05) is 11.1 Å². The van der Waals surface area contributed by atoms with Crippen molar-refractivity contribution in [2.45, 2.75) is 56.5 Å². The Hall–Kier alpha value is -1.93. The molecule has 1 saturated carbocycles. The first-order valence-corrected chi connectivity index (χ1v) is 9.64. The van der Waals surface area contributed by atoms with Crippen molar-refractivity contribution in [1.82, 2.24) is 10.0 Å². The number of hydrogen-bond acceptors (Lipinski definition) is 4. The maximum atomic E-state index is 12.2. The summed E-state index contributed by atoms with van der Waals surface area (Å²) in [5.74, 6) is -1.23. The van der Waals surface area contributed by atoms with Gasteiger partial charge in [-0.3, -0.25) is 4.79 Å². The van der Waals surface area contributed by atoms with Gasteiger partial charge in [-0.25, -0.2) is 17.9 Å². The first kappa shape index (κ1) is 19.4. The number of nitrogens with one attached hydrogen (secondary N) is 2. The van der Waals surface area contributed by atoms with Crippen LogP contribution in [0.15, 0.2) is 29.2 Å². The highest BCUT2D eigenvalue weighted by Gasteiger charge is 2.30. The molecule has 1 aromatic rings. The lowest BCUT2D eigenvalue weighted by atomic mass is 10.1. The summed E-state index contributed by atoms with van der Waals surface area (Å²) in [5, 5.41) is 11.7. The minimum Gasteiger partial charge on any atom is -0.480 e. The highest BCUT2D eigenvalue weighted by Crippen LogP contribution is 2.33. The molecule has 0 saturated heterocycles. The SMILES string of the molecule is CC(C)(C)NS(=O)(=O)c1ccc(C(=O)NC(CC2CC2)C(=O)O)cc1. The first-order valence-electron chi connectivity index (χ1n) is 8.16. The van der Waals surface area contributed by atoms with Crippen LogP contribution >= 0.6 is 0 Å². The highest BCUT2D eigenvalue weighted by molar-refractivity contribution is 7.89. The zero-order chi connectivity index (χ0) is 18.8. The molecule has 7 nitrogen and oxygen atoms in total. The predicted molar refractivity (Wildman–Crippen MR) is 92.7 cm³/mol. The average molecular weight is 368 g/mol. The van der Waals surface area contributed by atoms with E-state index in [1.807, 2.05) is 0 Å². The maximum absolute atomic E-state index is 12.2. The molecule has 0 heterocycles. The Bertz CT molecular complexity index is 746. The van der Waals surface area contributed by atoms with Crippen LogP contribution in [0.3, 0.4) is 0 Å². The Labute approximate surface area is 147 Å². The summed E-state index contributed by atoms with van der Waals surface area (Å²) in [4.78, 5) is 23.5. The van der Waals surface area contributed by atoms with E-state index in [9.17, 15) is 23.1 Å². The van der Waals surface area contributed by atoms with E-state index >= 15 is 0 Å². The van der Waals surface area contributed by atoms with E-state index in [0.29, 0.717) is 12.3 Å². The molecule has 0 aromatic heterocycles. The van der Waals surface area contributed by atoms with Crippen molar-refractivity contribution in [2.24, 2.45) is 5.92 Å². The number of aliphatic carboxylic acids is 1. The number of carboxylic acids is 1. The third kappa shape index (κ3) is 5.82. The van der Waals surface area contributed by atoms with Crippen LogP contribution in [0.4, 0.5) is 0 Å². The van der Waals surface area contributed by atoms with Crippen LogP contribution in [0.25, 0.3) is 0 Å². The third-order valence-corrected chi connectivity index (χ3v) is 5.51. The minimum atomic E-state index is -3.68. The molecular weight excluding hydrogens is 344 g/mol. The summed E-state index contributed by atoms with van der Waals surface area (Å²) in [6, 6.07) is 4.50. The predicted octanol–water partition coefficient (Wildman–Crippen LogP) is 1.75. The van der Waals surface area contributed by atoms with Crippen LogP contribution in [-0.2, 0) is 14.8 Å². The maximum Gasteiger partial charge on any atom is 0.326 e. The lowest BCUT2D eigenvalue weighted by Gasteiger charge is -2.20. The van der Waals surface area contributed by atoms with Gasteiger partial charge in [-0.1, -0.05) is 12.8 Å². The molecule has 3 N–H and O–H groups in total. The lowest BCUT2D eigenvalue weighted by Crippen LogP contribution is -2.41. The number of benzene rings is 1. The summed E-state index contributed by atoms with van der Waals surface area (Å²) in [6.07, 6.45) is 2.41. The third-order valence-electron chi connectivity index (χ3n) is 3.74. The molecule has 1 aliphatic carbocycles. The Morgan fingerprint density at radius 3 is 2.20 bits per heavy atom. The average Bonchev–Trinajstić information content (AvgIpc) is 3.28. The molecule has 138 valence electrons. The van der Waals surface area contributed by atoms with Crippen molar-refractivity contribution >= 4 is 21.9 Å². The van der Waals surface area contributed by atoms with E-state index < -0.39 is 33.5 Å². The Balaban J connectivity index is 2.08. The summed E-state index contributed by atoms with van der Waals surface area (Å²) >= 11 is 0. The van der Waals surface area contributed by atoms with E-state index in [1.165, 1.54) is 24.3 Å². The van der Waals surface area contributed by atoms with Crippen molar-refractivity contribution in [3.63, 3.8) is 0 Å². The van der Waals surface area contributed by atoms with Crippen molar-refractivity contribution in [3.05, 3.63) is 29.8 Å². The zero-order valence-corrected chi connectivity index (χ0v) is 15.4. The molecule has 1 unspecified atom stereocenters. The van der Waals surface area contributed by atoms with Crippen molar-refractivity contribution in [2.75, 3.05) is 0 Å². The molecule has 0 spiro atoms. The molecule has 0 radical (unpaired) electrons. The molecule has 2 rings (SSSR count). The smallest absolute Gasteiger partial charge is 0.326 e. The van der Waals surface area contributed by atoms with Gasteiger partial charge in [0.15, 0.2) is 0 Å². The fraction of sp³-hybridized carbons (Fsp3) is 0.529. The summed E-state index contributed by atoms with van der Waals surface area (Å²) < 4.78 is 27.0. The molecular formula is C17H24N2O5S. The second-order valence-corrected chi connectivity index (χ2v) is 9.11. The quantitative estimate of drug-likeness (QED) is 0.679. The van der Waals surface area contributed by atoms with E-state index in [2.05, 4.69) is 10.0 Å². The van der Waals surface area contributed by atoms with Gasteiger partial charge in [-0.15, -0.1) is 0 Å². The first-order chi connectivity index (χ1) is 11.5.